The lowest BCUT2D eigenvalue weighted by Crippen LogP contribution is -2.10. The molecule has 2 N–H and O–H groups in total. The maximum Gasteiger partial charge on any atom is 0.139 e. The third-order valence-electron chi connectivity index (χ3n) is 3.14. The molecule has 5 heteroatoms. The second-order valence-electron chi connectivity index (χ2n) is 4.88. The molecule has 1 aromatic heterocycles. The zero-order chi connectivity index (χ0) is 15.2. The van der Waals surface area contributed by atoms with Gasteiger partial charge in [0, 0.05) is 27.8 Å². The number of aromatic nitrogens is 2. The summed E-state index contributed by atoms with van der Waals surface area (Å²) in [7, 11) is 0. The molecule has 0 unspecified atom stereocenters. The Morgan fingerprint density at radius 3 is 2.57 bits per heavy atom. The van der Waals surface area contributed by atoms with Crippen molar-refractivity contribution in [1.82, 2.24) is 9.97 Å². The number of halogens is 1. The summed E-state index contributed by atoms with van der Waals surface area (Å²) >= 11 is 2.31. The van der Waals surface area contributed by atoms with E-state index in [4.69, 9.17) is 0 Å². The monoisotopic (exact) mass is 396 g/mol. The second-order valence-corrected chi connectivity index (χ2v) is 6.12. The van der Waals surface area contributed by atoms with Crippen molar-refractivity contribution < 1.29 is 0 Å². The molecular weight excluding hydrogens is 375 g/mol. The number of rotatable bonds is 6. The fraction of sp³-hybridized carbons (Fsp3) is 0.375. The topological polar surface area (TPSA) is 49.8 Å². The summed E-state index contributed by atoms with van der Waals surface area (Å²) in [5, 5.41) is 6.79. The van der Waals surface area contributed by atoms with Gasteiger partial charge in [0.15, 0.2) is 0 Å². The van der Waals surface area contributed by atoms with Crippen molar-refractivity contribution in [2.24, 2.45) is 0 Å². The van der Waals surface area contributed by atoms with Crippen LogP contribution < -0.4 is 10.6 Å². The first-order valence-electron chi connectivity index (χ1n) is 7.28. The highest BCUT2D eigenvalue weighted by Crippen LogP contribution is 2.24. The molecule has 1 aromatic carbocycles. The molecule has 0 radical (unpaired) electrons. The summed E-state index contributed by atoms with van der Waals surface area (Å²) in [4.78, 5) is 9.20. The highest BCUT2D eigenvalue weighted by molar-refractivity contribution is 14.1. The van der Waals surface area contributed by atoms with Crippen LogP contribution in [0.5, 0.6) is 0 Å². The molecule has 0 aliphatic heterocycles. The van der Waals surface area contributed by atoms with E-state index in [1.807, 2.05) is 13.0 Å². The molecular formula is C16H21IN4. The van der Waals surface area contributed by atoms with E-state index >= 15 is 0 Å². The highest BCUT2D eigenvalue weighted by Gasteiger charge is 2.10. The number of aryl methyl sites for hydroxylation is 1. The Morgan fingerprint density at radius 2 is 1.90 bits per heavy atom. The number of nitrogens with zero attached hydrogens (tertiary/aromatic N) is 2. The van der Waals surface area contributed by atoms with Crippen LogP contribution in [-0.4, -0.2) is 16.5 Å². The van der Waals surface area contributed by atoms with Gasteiger partial charge in [-0.1, -0.05) is 19.9 Å². The van der Waals surface area contributed by atoms with Gasteiger partial charge >= 0.3 is 0 Å². The molecule has 21 heavy (non-hydrogen) atoms. The maximum absolute atomic E-state index is 4.62. The summed E-state index contributed by atoms with van der Waals surface area (Å²) in [6.45, 7) is 7.19. The normalized spacial score (nSPS) is 10.5. The van der Waals surface area contributed by atoms with Crippen molar-refractivity contribution in [2.75, 3.05) is 17.2 Å². The van der Waals surface area contributed by atoms with Crippen LogP contribution in [0.1, 0.15) is 31.7 Å². The molecule has 1 heterocycles. The number of hydrogen-bond donors (Lipinski definition) is 2. The van der Waals surface area contributed by atoms with Crippen molar-refractivity contribution in [3.05, 3.63) is 39.2 Å². The summed E-state index contributed by atoms with van der Waals surface area (Å²) < 4.78 is 1.20. The maximum atomic E-state index is 4.62. The Hall–Kier alpha value is -1.37. The van der Waals surface area contributed by atoms with E-state index in [9.17, 15) is 0 Å². The minimum atomic E-state index is 0.822. The lowest BCUT2D eigenvalue weighted by Gasteiger charge is -2.14. The van der Waals surface area contributed by atoms with E-state index < -0.39 is 0 Å². The average molecular weight is 396 g/mol. The van der Waals surface area contributed by atoms with Gasteiger partial charge in [-0.2, -0.15) is 0 Å². The van der Waals surface area contributed by atoms with Crippen LogP contribution in [0.4, 0.5) is 17.3 Å². The molecule has 0 aliphatic rings. The number of benzene rings is 1. The van der Waals surface area contributed by atoms with Gasteiger partial charge in [0.1, 0.15) is 17.5 Å². The van der Waals surface area contributed by atoms with Gasteiger partial charge in [0.2, 0.25) is 0 Å². The van der Waals surface area contributed by atoms with Gasteiger partial charge < -0.3 is 10.6 Å². The van der Waals surface area contributed by atoms with Gasteiger partial charge in [-0.15, -0.1) is 0 Å². The molecule has 0 spiro atoms. The highest BCUT2D eigenvalue weighted by atomic mass is 127. The van der Waals surface area contributed by atoms with E-state index in [0.29, 0.717) is 0 Å². The van der Waals surface area contributed by atoms with Crippen LogP contribution in [-0.2, 0) is 6.42 Å². The van der Waals surface area contributed by atoms with Gasteiger partial charge in [-0.05, 0) is 54.1 Å². The smallest absolute Gasteiger partial charge is 0.139 e. The van der Waals surface area contributed by atoms with Crippen LogP contribution in [0.15, 0.2) is 24.3 Å². The molecule has 0 atom stereocenters. The van der Waals surface area contributed by atoms with E-state index in [0.717, 1.165) is 48.1 Å². The average Bonchev–Trinajstić information content (AvgIpc) is 2.48. The van der Waals surface area contributed by atoms with Gasteiger partial charge in [0.05, 0.1) is 0 Å². The molecule has 2 aromatic rings. The molecule has 0 bridgehead atoms. The predicted octanol–water partition coefficient (Wildman–Crippen LogP) is 4.52. The minimum absolute atomic E-state index is 0.822. The quantitative estimate of drug-likeness (QED) is 0.706. The summed E-state index contributed by atoms with van der Waals surface area (Å²) in [5.41, 5.74) is 2.10. The van der Waals surface area contributed by atoms with Crippen LogP contribution in [0.3, 0.4) is 0 Å². The standard InChI is InChI=1S/C16H21IN4/c1-4-9-18-15-11(3)16(21-14(5-2)20-15)19-13-8-6-7-12(17)10-13/h6-8,10H,4-5,9H2,1-3H3,(H2,18,19,20,21). The second kappa shape index (κ2) is 7.59. The number of anilines is 3. The first-order chi connectivity index (χ1) is 10.1. The first kappa shape index (κ1) is 16.0. The van der Waals surface area contributed by atoms with E-state index in [-0.39, 0.29) is 0 Å². The fourth-order valence-electron chi connectivity index (χ4n) is 1.96. The molecule has 0 fully saturated rings. The predicted molar refractivity (Wildman–Crippen MR) is 97.4 cm³/mol. The molecule has 0 saturated carbocycles. The molecule has 2 rings (SSSR count). The Balaban J connectivity index is 2.33. The molecule has 0 amide bonds. The SMILES string of the molecule is CCCNc1nc(CC)nc(Nc2cccc(I)c2)c1C. The van der Waals surface area contributed by atoms with Crippen LogP contribution in [0.25, 0.3) is 0 Å². The van der Waals surface area contributed by atoms with E-state index in [1.165, 1.54) is 3.57 Å². The van der Waals surface area contributed by atoms with E-state index in [1.54, 1.807) is 0 Å². The molecule has 0 saturated heterocycles. The molecule has 112 valence electrons. The third-order valence-corrected chi connectivity index (χ3v) is 3.81. The van der Waals surface area contributed by atoms with Crippen molar-refractivity contribution in [2.45, 2.75) is 33.6 Å². The van der Waals surface area contributed by atoms with Crippen molar-refractivity contribution >= 4 is 39.9 Å². The summed E-state index contributed by atoms with van der Waals surface area (Å²) in [6, 6.07) is 8.27. The number of nitrogens with one attached hydrogen (secondary N) is 2. The van der Waals surface area contributed by atoms with Crippen LogP contribution >= 0.6 is 22.6 Å². The zero-order valence-corrected chi connectivity index (χ0v) is 14.9. The van der Waals surface area contributed by atoms with E-state index in [2.05, 4.69) is 75.2 Å². The zero-order valence-electron chi connectivity index (χ0n) is 12.7. The van der Waals surface area contributed by atoms with Crippen LogP contribution in [0, 0.1) is 10.5 Å². The minimum Gasteiger partial charge on any atom is -0.370 e. The Kier molecular flexibility index (Phi) is 5.78. The van der Waals surface area contributed by atoms with Crippen molar-refractivity contribution in [3.63, 3.8) is 0 Å². The third kappa shape index (κ3) is 4.30. The van der Waals surface area contributed by atoms with Crippen molar-refractivity contribution in [1.29, 1.82) is 0 Å². The summed E-state index contributed by atoms with van der Waals surface area (Å²) in [6.07, 6.45) is 1.90. The summed E-state index contributed by atoms with van der Waals surface area (Å²) in [5.74, 6) is 2.66. The van der Waals surface area contributed by atoms with Crippen LogP contribution in [0.2, 0.25) is 0 Å². The molecule has 4 nitrogen and oxygen atoms in total. The Morgan fingerprint density at radius 1 is 1.14 bits per heavy atom. The van der Waals surface area contributed by atoms with Gasteiger partial charge in [-0.25, -0.2) is 9.97 Å². The lowest BCUT2D eigenvalue weighted by atomic mass is 10.2. The number of hydrogen-bond acceptors (Lipinski definition) is 4. The lowest BCUT2D eigenvalue weighted by molar-refractivity contribution is 0.911. The van der Waals surface area contributed by atoms with Gasteiger partial charge in [0.25, 0.3) is 0 Å². The molecule has 0 aliphatic carbocycles. The Labute approximate surface area is 139 Å². The fourth-order valence-corrected chi connectivity index (χ4v) is 2.50. The first-order valence-corrected chi connectivity index (χ1v) is 8.35. The van der Waals surface area contributed by atoms with Crippen molar-refractivity contribution in [3.8, 4) is 0 Å². The van der Waals surface area contributed by atoms with Gasteiger partial charge in [-0.3, -0.25) is 0 Å². The largest absolute Gasteiger partial charge is 0.370 e. The Bertz CT molecular complexity index is 613.